The highest BCUT2D eigenvalue weighted by atomic mass is 35.5. The van der Waals surface area contributed by atoms with Crippen LogP contribution in [-0.2, 0) is 17.2 Å². The van der Waals surface area contributed by atoms with Gasteiger partial charge in [-0.05, 0) is 36.6 Å². The summed E-state index contributed by atoms with van der Waals surface area (Å²) < 4.78 is 12.2. The lowest BCUT2D eigenvalue weighted by Crippen LogP contribution is -2.01. The van der Waals surface area contributed by atoms with E-state index in [4.69, 9.17) is 17.3 Å². The summed E-state index contributed by atoms with van der Waals surface area (Å²) in [5.74, 6) is 0.610. The third-order valence-corrected chi connectivity index (χ3v) is 4.77. The first kappa shape index (κ1) is 14.1. The fourth-order valence-corrected chi connectivity index (χ4v) is 3.43. The Hall–Kier alpha value is -1.32. The Bertz CT molecular complexity index is 572. The summed E-state index contributed by atoms with van der Waals surface area (Å²) in [4.78, 5) is 0.670. The van der Waals surface area contributed by atoms with Gasteiger partial charge in [-0.25, -0.2) is 0 Å². The second-order valence-electron chi connectivity index (χ2n) is 4.33. The molecule has 0 fully saturated rings. The van der Waals surface area contributed by atoms with Gasteiger partial charge in [-0.1, -0.05) is 41.9 Å². The van der Waals surface area contributed by atoms with Crippen LogP contribution in [0.2, 0.25) is 5.02 Å². The fourth-order valence-electron chi connectivity index (χ4n) is 1.86. The number of nitrogen functional groups attached to an aromatic ring is 1. The molecule has 1 unspecified atom stereocenters. The van der Waals surface area contributed by atoms with Gasteiger partial charge >= 0.3 is 0 Å². The molecule has 2 nitrogen and oxygen atoms in total. The molecule has 2 N–H and O–H groups in total. The molecule has 19 heavy (non-hydrogen) atoms. The van der Waals surface area contributed by atoms with E-state index in [-0.39, 0.29) is 0 Å². The highest BCUT2D eigenvalue weighted by Gasteiger charge is 2.08. The SMILES string of the molecule is Nc1ccc(S(=O)CCCc2ccccc2)c(Cl)c1. The normalized spacial score (nSPS) is 12.3. The molecular weight excluding hydrogens is 278 g/mol. The number of aryl methyl sites for hydroxylation is 1. The summed E-state index contributed by atoms with van der Waals surface area (Å²) in [5, 5.41) is 0.484. The van der Waals surface area contributed by atoms with Crippen molar-refractivity contribution in [3.63, 3.8) is 0 Å². The summed E-state index contributed by atoms with van der Waals surface area (Å²) in [6.45, 7) is 0. The minimum atomic E-state index is -1.06. The van der Waals surface area contributed by atoms with Gasteiger partial charge in [0.25, 0.3) is 0 Å². The van der Waals surface area contributed by atoms with Crippen LogP contribution in [0.1, 0.15) is 12.0 Å². The molecule has 0 aliphatic rings. The van der Waals surface area contributed by atoms with Crippen molar-refractivity contribution in [3.8, 4) is 0 Å². The minimum absolute atomic E-state index is 0.484. The van der Waals surface area contributed by atoms with E-state index in [0.29, 0.717) is 21.4 Å². The van der Waals surface area contributed by atoms with Crippen LogP contribution in [0.4, 0.5) is 5.69 Å². The Morgan fingerprint density at radius 3 is 2.53 bits per heavy atom. The van der Waals surface area contributed by atoms with Gasteiger partial charge in [0.1, 0.15) is 0 Å². The lowest BCUT2D eigenvalue weighted by atomic mass is 10.1. The van der Waals surface area contributed by atoms with Crippen molar-refractivity contribution in [2.75, 3.05) is 11.5 Å². The molecule has 0 aliphatic heterocycles. The summed E-state index contributed by atoms with van der Waals surface area (Å²) in [5.41, 5.74) is 7.48. The molecule has 0 aromatic heterocycles. The molecular formula is C15H16ClNOS. The fraction of sp³-hybridized carbons (Fsp3) is 0.200. The molecule has 0 spiro atoms. The van der Waals surface area contributed by atoms with Crippen LogP contribution in [0.5, 0.6) is 0 Å². The van der Waals surface area contributed by atoms with Crippen molar-refractivity contribution < 1.29 is 4.21 Å². The lowest BCUT2D eigenvalue weighted by molar-refractivity contribution is 0.680. The monoisotopic (exact) mass is 293 g/mol. The molecule has 0 amide bonds. The number of anilines is 1. The Balaban J connectivity index is 1.91. The maximum atomic E-state index is 12.2. The third kappa shape index (κ3) is 4.08. The van der Waals surface area contributed by atoms with Crippen molar-refractivity contribution in [1.82, 2.24) is 0 Å². The molecule has 4 heteroatoms. The summed E-state index contributed by atoms with van der Waals surface area (Å²) in [7, 11) is -1.06. The van der Waals surface area contributed by atoms with E-state index in [0.717, 1.165) is 12.8 Å². The number of nitrogens with two attached hydrogens (primary N) is 1. The summed E-state index contributed by atoms with van der Waals surface area (Å²) in [6, 6.07) is 15.3. The molecule has 100 valence electrons. The molecule has 0 aliphatic carbocycles. The number of rotatable bonds is 5. The maximum absolute atomic E-state index is 12.2. The average molecular weight is 294 g/mol. The highest BCUT2D eigenvalue weighted by Crippen LogP contribution is 2.23. The summed E-state index contributed by atoms with van der Waals surface area (Å²) >= 11 is 6.05. The van der Waals surface area contributed by atoms with E-state index in [9.17, 15) is 4.21 Å². The highest BCUT2D eigenvalue weighted by molar-refractivity contribution is 7.85. The molecule has 2 rings (SSSR count). The van der Waals surface area contributed by atoms with Crippen molar-refractivity contribution in [2.45, 2.75) is 17.7 Å². The Morgan fingerprint density at radius 1 is 1.11 bits per heavy atom. The van der Waals surface area contributed by atoms with Gasteiger partial charge in [0, 0.05) is 11.4 Å². The van der Waals surface area contributed by atoms with E-state index >= 15 is 0 Å². The van der Waals surface area contributed by atoms with Crippen molar-refractivity contribution in [2.24, 2.45) is 0 Å². The van der Waals surface area contributed by atoms with Gasteiger partial charge in [0.05, 0.1) is 20.7 Å². The van der Waals surface area contributed by atoms with Gasteiger partial charge in [0.2, 0.25) is 0 Å². The molecule has 2 aromatic carbocycles. The first-order valence-corrected chi connectivity index (χ1v) is 7.84. The predicted molar refractivity (Wildman–Crippen MR) is 81.9 cm³/mol. The third-order valence-electron chi connectivity index (χ3n) is 2.84. The van der Waals surface area contributed by atoms with Crippen molar-refractivity contribution >= 4 is 28.1 Å². The largest absolute Gasteiger partial charge is 0.399 e. The zero-order chi connectivity index (χ0) is 13.7. The van der Waals surface area contributed by atoms with E-state index in [2.05, 4.69) is 12.1 Å². The Labute approximate surface area is 121 Å². The van der Waals surface area contributed by atoms with Crippen LogP contribution in [0, 0.1) is 0 Å². The number of halogens is 1. The van der Waals surface area contributed by atoms with Gasteiger partial charge in [-0.15, -0.1) is 0 Å². The smallest absolute Gasteiger partial charge is 0.0587 e. The zero-order valence-corrected chi connectivity index (χ0v) is 12.1. The topological polar surface area (TPSA) is 43.1 Å². The van der Waals surface area contributed by atoms with Crippen LogP contribution in [0.3, 0.4) is 0 Å². The van der Waals surface area contributed by atoms with Gasteiger partial charge in [-0.2, -0.15) is 0 Å². The van der Waals surface area contributed by atoms with Crippen LogP contribution in [0.15, 0.2) is 53.4 Å². The number of hydrogen-bond donors (Lipinski definition) is 1. The van der Waals surface area contributed by atoms with E-state index in [1.165, 1.54) is 5.56 Å². The average Bonchev–Trinajstić information content (AvgIpc) is 2.39. The standard InChI is InChI=1S/C15H16ClNOS/c16-14-11-13(17)8-9-15(14)19(18)10-4-7-12-5-2-1-3-6-12/h1-3,5-6,8-9,11H,4,7,10,17H2. The molecule has 2 aromatic rings. The molecule has 0 heterocycles. The first-order valence-electron chi connectivity index (χ1n) is 6.14. The van der Waals surface area contributed by atoms with Gasteiger partial charge < -0.3 is 5.73 Å². The van der Waals surface area contributed by atoms with Crippen LogP contribution in [-0.4, -0.2) is 9.96 Å². The van der Waals surface area contributed by atoms with E-state index in [1.807, 2.05) is 18.2 Å². The molecule has 1 atom stereocenters. The lowest BCUT2D eigenvalue weighted by Gasteiger charge is -2.05. The van der Waals surface area contributed by atoms with Crippen LogP contribution in [0.25, 0.3) is 0 Å². The molecule has 0 saturated carbocycles. The Morgan fingerprint density at radius 2 is 1.84 bits per heavy atom. The zero-order valence-electron chi connectivity index (χ0n) is 10.5. The first-order chi connectivity index (χ1) is 9.16. The van der Waals surface area contributed by atoms with E-state index in [1.54, 1.807) is 18.2 Å². The number of hydrogen-bond acceptors (Lipinski definition) is 2. The molecule has 0 bridgehead atoms. The maximum Gasteiger partial charge on any atom is 0.0587 e. The number of benzene rings is 2. The van der Waals surface area contributed by atoms with E-state index < -0.39 is 10.8 Å². The van der Waals surface area contributed by atoms with Crippen LogP contribution >= 0.6 is 11.6 Å². The van der Waals surface area contributed by atoms with Gasteiger partial charge in [-0.3, -0.25) is 4.21 Å². The van der Waals surface area contributed by atoms with Crippen LogP contribution < -0.4 is 5.73 Å². The van der Waals surface area contributed by atoms with Gasteiger partial charge in [0.15, 0.2) is 0 Å². The Kier molecular flexibility index (Phi) is 5.00. The minimum Gasteiger partial charge on any atom is -0.399 e. The second-order valence-corrected chi connectivity index (χ2v) is 6.27. The summed E-state index contributed by atoms with van der Waals surface area (Å²) in [6.07, 6.45) is 1.80. The van der Waals surface area contributed by atoms with Crippen molar-refractivity contribution in [1.29, 1.82) is 0 Å². The predicted octanol–water partition coefficient (Wildman–Crippen LogP) is 3.66. The molecule has 0 saturated heterocycles. The van der Waals surface area contributed by atoms with Crippen molar-refractivity contribution in [3.05, 3.63) is 59.1 Å². The molecule has 0 radical (unpaired) electrons. The quantitative estimate of drug-likeness (QED) is 0.855. The second kappa shape index (κ2) is 6.73.